The molecule has 0 aliphatic heterocycles. The number of hydrogen-bond acceptors (Lipinski definition) is 3. The molecule has 15 heavy (non-hydrogen) atoms. The number of benzene rings is 1. The zero-order valence-corrected chi connectivity index (χ0v) is 10.6. The Bertz CT molecular complexity index is 361. The maximum atomic E-state index is 9.81. The van der Waals surface area contributed by atoms with Gasteiger partial charge < -0.3 is 9.84 Å². The predicted octanol–water partition coefficient (Wildman–Crippen LogP) is 2.58. The molecule has 1 rings (SSSR count). The lowest BCUT2D eigenvalue weighted by molar-refractivity contribution is 0.203. The Morgan fingerprint density at radius 2 is 1.93 bits per heavy atom. The van der Waals surface area contributed by atoms with Gasteiger partial charge in [0.05, 0.1) is 13.2 Å². The van der Waals surface area contributed by atoms with Crippen LogP contribution in [0.25, 0.3) is 0 Å². The zero-order valence-electron chi connectivity index (χ0n) is 9.66. The van der Waals surface area contributed by atoms with Crippen LogP contribution in [-0.2, 0) is 0 Å². The molecule has 0 saturated heterocycles. The standard InChI is InChI=1S/C12H18O2S/c1-7-5-10(11(13)6-15)8(2)9(3)12(7)14-4/h5,11,13,15H,6H2,1-4H3. The summed E-state index contributed by atoms with van der Waals surface area (Å²) in [6.45, 7) is 6.00. The maximum Gasteiger partial charge on any atom is 0.124 e. The van der Waals surface area contributed by atoms with Gasteiger partial charge in [-0.25, -0.2) is 0 Å². The number of methoxy groups -OCH3 is 1. The van der Waals surface area contributed by atoms with Crippen molar-refractivity contribution in [2.75, 3.05) is 12.9 Å². The minimum absolute atomic E-state index is 0.437. The lowest BCUT2D eigenvalue weighted by Crippen LogP contribution is -2.05. The first kappa shape index (κ1) is 12.4. The van der Waals surface area contributed by atoms with E-state index in [9.17, 15) is 5.11 Å². The molecule has 0 spiro atoms. The van der Waals surface area contributed by atoms with Crippen LogP contribution in [0.4, 0.5) is 0 Å². The van der Waals surface area contributed by atoms with Gasteiger partial charge in [0.1, 0.15) is 5.75 Å². The summed E-state index contributed by atoms with van der Waals surface area (Å²) in [5, 5.41) is 9.81. The molecule has 0 aromatic heterocycles. The van der Waals surface area contributed by atoms with Gasteiger partial charge in [0.2, 0.25) is 0 Å². The second-order valence-electron chi connectivity index (χ2n) is 3.76. The molecule has 1 atom stereocenters. The molecule has 0 radical (unpaired) electrons. The van der Waals surface area contributed by atoms with Crippen LogP contribution in [0.5, 0.6) is 5.75 Å². The molecular formula is C12H18O2S. The minimum atomic E-state index is -0.503. The Balaban J connectivity index is 3.33. The average Bonchev–Trinajstić information content (AvgIpc) is 2.23. The summed E-state index contributed by atoms with van der Waals surface area (Å²) < 4.78 is 5.32. The highest BCUT2D eigenvalue weighted by Gasteiger charge is 2.15. The predicted molar refractivity (Wildman–Crippen MR) is 66.0 cm³/mol. The van der Waals surface area contributed by atoms with E-state index in [1.54, 1.807) is 7.11 Å². The number of ether oxygens (including phenoxy) is 1. The van der Waals surface area contributed by atoms with Crippen molar-refractivity contribution in [1.82, 2.24) is 0 Å². The molecule has 2 nitrogen and oxygen atoms in total. The third-order valence-electron chi connectivity index (χ3n) is 2.80. The van der Waals surface area contributed by atoms with Crippen molar-refractivity contribution in [3.63, 3.8) is 0 Å². The summed E-state index contributed by atoms with van der Waals surface area (Å²) in [6.07, 6.45) is -0.503. The quantitative estimate of drug-likeness (QED) is 0.776. The molecule has 1 unspecified atom stereocenters. The second kappa shape index (κ2) is 4.90. The van der Waals surface area contributed by atoms with E-state index in [1.165, 1.54) is 0 Å². The van der Waals surface area contributed by atoms with E-state index in [2.05, 4.69) is 12.6 Å². The van der Waals surface area contributed by atoms with Gasteiger partial charge in [-0.1, -0.05) is 0 Å². The molecule has 0 amide bonds. The van der Waals surface area contributed by atoms with E-state index in [-0.39, 0.29) is 0 Å². The first-order chi connectivity index (χ1) is 7.02. The Morgan fingerprint density at radius 3 is 2.40 bits per heavy atom. The Hall–Kier alpha value is -0.670. The summed E-state index contributed by atoms with van der Waals surface area (Å²) in [5.41, 5.74) is 4.17. The summed E-state index contributed by atoms with van der Waals surface area (Å²) in [7, 11) is 1.67. The van der Waals surface area contributed by atoms with Gasteiger partial charge in [-0.2, -0.15) is 12.6 Å². The molecule has 0 aliphatic rings. The molecule has 0 saturated carbocycles. The first-order valence-electron chi connectivity index (χ1n) is 4.96. The van der Waals surface area contributed by atoms with Crippen molar-refractivity contribution in [3.8, 4) is 5.75 Å². The van der Waals surface area contributed by atoms with Crippen LogP contribution in [-0.4, -0.2) is 18.0 Å². The fraction of sp³-hybridized carbons (Fsp3) is 0.500. The molecule has 1 aromatic rings. The summed E-state index contributed by atoms with van der Waals surface area (Å²) >= 11 is 4.11. The smallest absolute Gasteiger partial charge is 0.124 e. The van der Waals surface area contributed by atoms with E-state index in [4.69, 9.17) is 4.74 Å². The number of aryl methyl sites for hydroxylation is 1. The van der Waals surface area contributed by atoms with E-state index >= 15 is 0 Å². The van der Waals surface area contributed by atoms with Crippen molar-refractivity contribution in [2.24, 2.45) is 0 Å². The van der Waals surface area contributed by atoms with Crippen LogP contribution in [0.3, 0.4) is 0 Å². The number of hydrogen-bond donors (Lipinski definition) is 2. The molecule has 0 bridgehead atoms. The maximum absolute atomic E-state index is 9.81. The van der Waals surface area contributed by atoms with Crippen molar-refractivity contribution in [3.05, 3.63) is 28.3 Å². The normalized spacial score (nSPS) is 12.7. The Morgan fingerprint density at radius 1 is 1.33 bits per heavy atom. The van der Waals surface area contributed by atoms with E-state index in [0.29, 0.717) is 5.75 Å². The molecule has 0 aliphatic carbocycles. The van der Waals surface area contributed by atoms with Crippen molar-refractivity contribution >= 4 is 12.6 Å². The highest BCUT2D eigenvalue weighted by atomic mass is 32.1. The number of aliphatic hydroxyl groups excluding tert-OH is 1. The molecule has 0 fully saturated rings. The topological polar surface area (TPSA) is 29.5 Å². The molecule has 3 heteroatoms. The van der Waals surface area contributed by atoms with Crippen molar-refractivity contribution in [1.29, 1.82) is 0 Å². The third kappa shape index (κ3) is 2.29. The van der Waals surface area contributed by atoms with Gasteiger partial charge in [-0.15, -0.1) is 0 Å². The fourth-order valence-electron chi connectivity index (χ4n) is 1.85. The number of rotatable bonds is 3. The van der Waals surface area contributed by atoms with Gasteiger partial charge in [0, 0.05) is 5.75 Å². The van der Waals surface area contributed by atoms with E-state index in [0.717, 1.165) is 28.0 Å². The monoisotopic (exact) mass is 226 g/mol. The largest absolute Gasteiger partial charge is 0.496 e. The summed E-state index contributed by atoms with van der Waals surface area (Å²) in [4.78, 5) is 0. The number of thiol groups is 1. The molecule has 84 valence electrons. The van der Waals surface area contributed by atoms with Gasteiger partial charge in [-0.3, -0.25) is 0 Å². The van der Waals surface area contributed by atoms with Crippen LogP contribution < -0.4 is 4.74 Å². The van der Waals surface area contributed by atoms with Gasteiger partial charge in [0.25, 0.3) is 0 Å². The van der Waals surface area contributed by atoms with E-state index < -0.39 is 6.10 Å². The SMILES string of the molecule is COc1c(C)cc(C(O)CS)c(C)c1C. The lowest BCUT2D eigenvalue weighted by Gasteiger charge is -2.18. The van der Waals surface area contributed by atoms with Crippen molar-refractivity contribution < 1.29 is 9.84 Å². The highest BCUT2D eigenvalue weighted by Crippen LogP contribution is 2.31. The van der Waals surface area contributed by atoms with Crippen LogP contribution in [0.2, 0.25) is 0 Å². The van der Waals surface area contributed by atoms with Gasteiger partial charge in [0.15, 0.2) is 0 Å². The highest BCUT2D eigenvalue weighted by molar-refractivity contribution is 7.80. The first-order valence-corrected chi connectivity index (χ1v) is 5.59. The lowest BCUT2D eigenvalue weighted by atomic mass is 9.96. The zero-order chi connectivity index (χ0) is 11.6. The minimum Gasteiger partial charge on any atom is -0.496 e. The Labute approximate surface area is 96.7 Å². The van der Waals surface area contributed by atoms with Crippen molar-refractivity contribution in [2.45, 2.75) is 26.9 Å². The fourth-order valence-corrected chi connectivity index (χ4v) is 2.04. The third-order valence-corrected chi connectivity index (χ3v) is 3.15. The summed E-state index contributed by atoms with van der Waals surface area (Å²) in [5.74, 6) is 1.34. The van der Waals surface area contributed by atoms with Crippen LogP contribution >= 0.6 is 12.6 Å². The van der Waals surface area contributed by atoms with Gasteiger partial charge >= 0.3 is 0 Å². The Kier molecular flexibility index (Phi) is 4.05. The van der Waals surface area contributed by atoms with E-state index in [1.807, 2.05) is 26.8 Å². The molecule has 1 aromatic carbocycles. The van der Waals surface area contributed by atoms with Crippen LogP contribution in [0.1, 0.15) is 28.4 Å². The number of aliphatic hydroxyl groups is 1. The van der Waals surface area contributed by atoms with Crippen LogP contribution in [0.15, 0.2) is 6.07 Å². The molecule has 0 heterocycles. The van der Waals surface area contributed by atoms with Crippen LogP contribution in [0, 0.1) is 20.8 Å². The van der Waals surface area contributed by atoms with Gasteiger partial charge in [-0.05, 0) is 49.1 Å². The molecular weight excluding hydrogens is 208 g/mol. The average molecular weight is 226 g/mol. The second-order valence-corrected chi connectivity index (χ2v) is 4.13. The summed E-state index contributed by atoms with van der Waals surface area (Å²) in [6, 6.07) is 1.97. The molecule has 1 N–H and O–H groups in total.